The monoisotopic (exact) mass is 222 g/mol. The van der Waals surface area contributed by atoms with E-state index in [0.29, 0.717) is 11.7 Å². The zero-order chi connectivity index (χ0) is 12.1. The lowest BCUT2D eigenvalue weighted by Gasteiger charge is -2.17. The highest BCUT2D eigenvalue weighted by Gasteiger charge is 2.07. The zero-order valence-corrected chi connectivity index (χ0v) is 10.5. The Balaban J connectivity index is 2.75. The largest absolute Gasteiger partial charge is 0.506 e. The van der Waals surface area contributed by atoms with E-state index in [-0.39, 0.29) is 6.17 Å². The first-order valence-corrected chi connectivity index (χ1v) is 5.87. The Bertz CT molecular complexity index is 337. The number of phenolic OH excluding ortho intramolecular Hbond substituents is 1. The van der Waals surface area contributed by atoms with Crippen molar-refractivity contribution in [3.05, 3.63) is 23.8 Å². The molecule has 0 bridgehead atoms. The fraction of sp³-hybridized carbons (Fsp3) is 0.538. The van der Waals surface area contributed by atoms with Crippen LogP contribution in [0.3, 0.4) is 0 Å². The summed E-state index contributed by atoms with van der Waals surface area (Å²) in [6.07, 6.45) is 0.154. The number of anilines is 1. The van der Waals surface area contributed by atoms with Crippen LogP contribution in [0.5, 0.6) is 5.75 Å². The highest BCUT2D eigenvalue weighted by molar-refractivity contribution is 5.57. The van der Waals surface area contributed by atoms with Gasteiger partial charge in [0, 0.05) is 0 Å². The van der Waals surface area contributed by atoms with Gasteiger partial charge in [0.05, 0.1) is 11.9 Å². The van der Waals surface area contributed by atoms with Crippen molar-refractivity contribution in [1.29, 1.82) is 0 Å². The average Bonchev–Trinajstić information content (AvgIpc) is 2.21. The Morgan fingerprint density at radius 2 is 1.94 bits per heavy atom. The molecule has 1 unspecified atom stereocenters. The molecule has 0 aromatic heterocycles. The molecule has 0 amide bonds. The van der Waals surface area contributed by atoms with Gasteiger partial charge in [0.15, 0.2) is 0 Å². The molecular weight excluding hydrogens is 200 g/mol. The number of aromatic hydroxyl groups is 1. The summed E-state index contributed by atoms with van der Waals surface area (Å²) in [4.78, 5) is 0. The second-order valence-electron chi connectivity index (χ2n) is 4.35. The van der Waals surface area contributed by atoms with Gasteiger partial charge >= 0.3 is 0 Å². The maximum absolute atomic E-state index is 9.87. The summed E-state index contributed by atoms with van der Waals surface area (Å²) in [7, 11) is 0. The number of hydrogen-bond donors (Lipinski definition) is 3. The fourth-order valence-electron chi connectivity index (χ4n) is 1.62. The number of rotatable bonds is 5. The van der Waals surface area contributed by atoms with Crippen molar-refractivity contribution in [2.24, 2.45) is 0 Å². The van der Waals surface area contributed by atoms with E-state index in [9.17, 15) is 5.11 Å². The molecule has 0 spiro atoms. The number of nitrogens with one attached hydrogen (secondary N) is 2. The predicted molar refractivity (Wildman–Crippen MR) is 69.0 cm³/mol. The summed E-state index contributed by atoms with van der Waals surface area (Å²) >= 11 is 0. The van der Waals surface area contributed by atoms with Gasteiger partial charge < -0.3 is 10.4 Å². The van der Waals surface area contributed by atoms with E-state index < -0.39 is 0 Å². The third-order valence-electron chi connectivity index (χ3n) is 2.57. The molecule has 1 rings (SSSR count). The van der Waals surface area contributed by atoms with Crippen LogP contribution in [0.15, 0.2) is 18.2 Å². The maximum Gasteiger partial charge on any atom is 0.138 e. The molecule has 0 saturated carbocycles. The lowest BCUT2D eigenvalue weighted by molar-refractivity contribution is 0.474. The van der Waals surface area contributed by atoms with Crippen molar-refractivity contribution in [3.63, 3.8) is 0 Å². The second-order valence-corrected chi connectivity index (χ2v) is 4.35. The van der Waals surface area contributed by atoms with Crippen molar-refractivity contribution >= 4 is 5.69 Å². The molecule has 0 radical (unpaired) electrons. The fourth-order valence-corrected chi connectivity index (χ4v) is 1.62. The van der Waals surface area contributed by atoms with E-state index in [1.165, 1.54) is 0 Å². The molecule has 90 valence electrons. The summed E-state index contributed by atoms with van der Waals surface area (Å²) in [5.41, 5.74) is 1.93. The van der Waals surface area contributed by atoms with Crippen LogP contribution in [0.4, 0.5) is 5.69 Å². The van der Waals surface area contributed by atoms with E-state index in [1.807, 2.05) is 25.1 Å². The first-order chi connectivity index (χ1) is 7.54. The lowest BCUT2D eigenvalue weighted by atomic mass is 10.0. The molecule has 1 aromatic rings. The van der Waals surface area contributed by atoms with Gasteiger partial charge in [-0.25, -0.2) is 0 Å². The van der Waals surface area contributed by atoms with E-state index in [4.69, 9.17) is 0 Å². The van der Waals surface area contributed by atoms with Crippen LogP contribution in [0, 0.1) is 0 Å². The van der Waals surface area contributed by atoms with Crippen LogP contribution in [0.25, 0.3) is 0 Å². The summed E-state index contributed by atoms with van der Waals surface area (Å²) in [5, 5.41) is 16.3. The van der Waals surface area contributed by atoms with E-state index >= 15 is 0 Å². The van der Waals surface area contributed by atoms with Gasteiger partial charge in [-0.15, -0.1) is 0 Å². The maximum atomic E-state index is 9.87. The van der Waals surface area contributed by atoms with Crippen molar-refractivity contribution in [3.8, 4) is 5.75 Å². The van der Waals surface area contributed by atoms with Gasteiger partial charge in [0.1, 0.15) is 5.75 Å². The highest BCUT2D eigenvalue weighted by atomic mass is 16.3. The first kappa shape index (κ1) is 12.8. The third-order valence-corrected chi connectivity index (χ3v) is 2.57. The second kappa shape index (κ2) is 5.75. The Morgan fingerprint density at radius 3 is 2.44 bits per heavy atom. The van der Waals surface area contributed by atoms with Gasteiger partial charge in [-0.05, 0) is 37.1 Å². The zero-order valence-electron chi connectivity index (χ0n) is 10.5. The number of hydrogen-bond acceptors (Lipinski definition) is 3. The summed E-state index contributed by atoms with van der Waals surface area (Å²) in [6, 6.07) is 5.80. The van der Waals surface area contributed by atoms with E-state index in [1.54, 1.807) is 0 Å². The molecule has 0 fully saturated rings. The minimum atomic E-state index is 0.154. The molecular formula is C13H22N2O. The van der Waals surface area contributed by atoms with Crippen LogP contribution in [0.2, 0.25) is 0 Å². The standard InChI is InChI=1S/C13H22N2O/c1-5-14-10(4)15-12-7-6-11(9(2)3)8-13(12)16/h6-10,14-16H,5H2,1-4H3. The molecule has 0 aliphatic rings. The molecule has 0 saturated heterocycles. The minimum absolute atomic E-state index is 0.154. The number of benzene rings is 1. The SMILES string of the molecule is CCNC(C)Nc1ccc(C(C)C)cc1O. The number of phenols is 1. The molecule has 0 heterocycles. The molecule has 0 aliphatic carbocycles. The molecule has 3 nitrogen and oxygen atoms in total. The van der Waals surface area contributed by atoms with Gasteiger partial charge in [0.2, 0.25) is 0 Å². The Hall–Kier alpha value is -1.22. The van der Waals surface area contributed by atoms with Gasteiger partial charge in [-0.2, -0.15) is 0 Å². The van der Waals surface area contributed by atoms with Crippen molar-refractivity contribution in [1.82, 2.24) is 5.32 Å². The molecule has 3 heteroatoms. The average molecular weight is 222 g/mol. The van der Waals surface area contributed by atoms with Crippen LogP contribution >= 0.6 is 0 Å². The smallest absolute Gasteiger partial charge is 0.138 e. The molecule has 1 aromatic carbocycles. The lowest BCUT2D eigenvalue weighted by Crippen LogP contribution is -2.32. The third kappa shape index (κ3) is 3.42. The summed E-state index contributed by atoms with van der Waals surface area (Å²) in [6.45, 7) is 9.21. The van der Waals surface area contributed by atoms with Crippen LogP contribution in [0.1, 0.15) is 39.2 Å². The van der Waals surface area contributed by atoms with Crippen LogP contribution in [-0.2, 0) is 0 Å². The Labute approximate surface area is 97.9 Å². The predicted octanol–water partition coefficient (Wildman–Crippen LogP) is 2.88. The van der Waals surface area contributed by atoms with Gasteiger partial charge in [-0.1, -0.05) is 26.8 Å². The quantitative estimate of drug-likeness (QED) is 0.530. The normalized spacial score (nSPS) is 12.8. The van der Waals surface area contributed by atoms with Gasteiger partial charge in [0.25, 0.3) is 0 Å². The van der Waals surface area contributed by atoms with Gasteiger partial charge in [-0.3, -0.25) is 5.32 Å². The highest BCUT2D eigenvalue weighted by Crippen LogP contribution is 2.27. The van der Waals surface area contributed by atoms with Crippen molar-refractivity contribution < 1.29 is 5.11 Å². The molecule has 3 N–H and O–H groups in total. The Kier molecular flexibility index (Phi) is 4.62. The molecule has 16 heavy (non-hydrogen) atoms. The topological polar surface area (TPSA) is 44.3 Å². The minimum Gasteiger partial charge on any atom is -0.506 e. The molecule has 1 atom stereocenters. The Morgan fingerprint density at radius 1 is 1.25 bits per heavy atom. The summed E-state index contributed by atoms with van der Waals surface area (Å²) in [5.74, 6) is 0.752. The van der Waals surface area contributed by atoms with Crippen LogP contribution in [-0.4, -0.2) is 17.8 Å². The molecule has 0 aliphatic heterocycles. The summed E-state index contributed by atoms with van der Waals surface area (Å²) < 4.78 is 0. The first-order valence-electron chi connectivity index (χ1n) is 5.87. The van der Waals surface area contributed by atoms with Crippen molar-refractivity contribution in [2.75, 3.05) is 11.9 Å². The van der Waals surface area contributed by atoms with Crippen LogP contribution < -0.4 is 10.6 Å². The van der Waals surface area contributed by atoms with Crippen molar-refractivity contribution in [2.45, 2.75) is 39.8 Å². The van der Waals surface area contributed by atoms with E-state index in [0.717, 1.165) is 17.8 Å². The van der Waals surface area contributed by atoms with E-state index in [2.05, 4.69) is 31.4 Å².